The van der Waals surface area contributed by atoms with Crippen LogP contribution in [0.25, 0.3) is 0 Å². The van der Waals surface area contributed by atoms with Gasteiger partial charge in [-0.15, -0.1) is 0 Å². The summed E-state index contributed by atoms with van der Waals surface area (Å²) in [5.41, 5.74) is 0.0150. The van der Waals surface area contributed by atoms with Crippen molar-refractivity contribution in [1.29, 1.82) is 0 Å². The predicted molar refractivity (Wildman–Crippen MR) is 86.0 cm³/mol. The third-order valence-electron chi connectivity index (χ3n) is 3.40. The molecule has 0 saturated carbocycles. The summed E-state index contributed by atoms with van der Waals surface area (Å²) in [6.07, 6.45) is 0.451. The second kappa shape index (κ2) is 6.73. The standard InChI is InChI=1S/C16H22ClFN2O2/c1-16(2,3)22-15(21)20-8-4-7-19(9-10-20)14-6-5-12(17)11-13(14)18/h5-6,11H,4,7-10H2,1-3H3. The second-order valence-electron chi connectivity index (χ2n) is 6.40. The van der Waals surface area contributed by atoms with Gasteiger partial charge in [0.2, 0.25) is 0 Å². The van der Waals surface area contributed by atoms with E-state index >= 15 is 0 Å². The highest BCUT2D eigenvalue weighted by Crippen LogP contribution is 2.24. The van der Waals surface area contributed by atoms with Crippen LogP contribution in [0.3, 0.4) is 0 Å². The average Bonchev–Trinajstić information content (AvgIpc) is 2.62. The van der Waals surface area contributed by atoms with Crippen molar-refractivity contribution in [2.75, 3.05) is 31.1 Å². The Kier molecular flexibility index (Phi) is 5.16. The maximum atomic E-state index is 14.0. The van der Waals surface area contributed by atoms with Crippen molar-refractivity contribution in [3.63, 3.8) is 0 Å². The van der Waals surface area contributed by atoms with Gasteiger partial charge in [0.1, 0.15) is 11.4 Å². The average molecular weight is 329 g/mol. The SMILES string of the molecule is CC(C)(C)OC(=O)N1CCCN(c2ccc(Cl)cc2F)CC1. The Bertz CT molecular complexity index is 545. The highest BCUT2D eigenvalue weighted by Gasteiger charge is 2.25. The third kappa shape index (κ3) is 4.50. The number of amides is 1. The summed E-state index contributed by atoms with van der Waals surface area (Å²) < 4.78 is 19.4. The molecule has 1 aliphatic rings. The molecule has 1 aromatic rings. The second-order valence-corrected chi connectivity index (χ2v) is 6.84. The molecule has 122 valence electrons. The van der Waals surface area contributed by atoms with Crippen molar-refractivity contribution in [2.24, 2.45) is 0 Å². The summed E-state index contributed by atoms with van der Waals surface area (Å²) >= 11 is 5.79. The molecule has 1 amide bonds. The lowest BCUT2D eigenvalue weighted by atomic mass is 10.2. The Morgan fingerprint density at radius 3 is 2.59 bits per heavy atom. The Morgan fingerprint density at radius 2 is 1.95 bits per heavy atom. The molecule has 1 saturated heterocycles. The van der Waals surface area contributed by atoms with E-state index in [2.05, 4.69) is 0 Å². The normalized spacial score (nSPS) is 16.4. The van der Waals surface area contributed by atoms with Crippen LogP contribution in [0.2, 0.25) is 5.02 Å². The van der Waals surface area contributed by atoms with Crippen LogP contribution in [0.4, 0.5) is 14.9 Å². The molecule has 1 aliphatic heterocycles. The van der Waals surface area contributed by atoms with Crippen LogP contribution in [0.5, 0.6) is 0 Å². The topological polar surface area (TPSA) is 32.8 Å². The fraction of sp³-hybridized carbons (Fsp3) is 0.562. The molecule has 0 unspecified atom stereocenters. The van der Waals surface area contributed by atoms with Crippen LogP contribution in [0.15, 0.2) is 18.2 Å². The minimum Gasteiger partial charge on any atom is -0.444 e. The number of carbonyl (C=O) groups excluding carboxylic acids is 1. The van der Waals surface area contributed by atoms with Crippen molar-refractivity contribution in [3.05, 3.63) is 29.0 Å². The number of rotatable bonds is 1. The van der Waals surface area contributed by atoms with Crippen molar-refractivity contribution in [3.8, 4) is 0 Å². The fourth-order valence-corrected chi connectivity index (χ4v) is 2.56. The fourth-order valence-electron chi connectivity index (χ4n) is 2.41. The van der Waals surface area contributed by atoms with Gasteiger partial charge in [-0.2, -0.15) is 0 Å². The summed E-state index contributed by atoms with van der Waals surface area (Å²) in [5, 5.41) is 0.381. The van der Waals surface area contributed by atoms with Gasteiger partial charge in [0.15, 0.2) is 0 Å². The minimum atomic E-state index is -0.509. The van der Waals surface area contributed by atoms with Crippen LogP contribution >= 0.6 is 11.6 Å². The Balaban J connectivity index is 2.02. The molecule has 2 rings (SSSR count). The van der Waals surface area contributed by atoms with E-state index in [9.17, 15) is 9.18 Å². The van der Waals surface area contributed by atoms with Crippen molar-refractivity contribution in [2.45, 2.75) is 32.8 Å². The number of halogens is 2. The maximum Gasteiger partial charge on any atom is 0.410 e. The predicted octanol–water partition coefficient (Wildman–Crippen LogP) is 3.93. The lowest BCUT2D eigenvalue weighted by molar-refractivity contribution is 0.0263. The Hall–Kier alpha value is -1.49. The monoisotopic (exact) mass is 328 g/mol. The van der Waals surface area contributed by atoms with Crippen molar-refractivity contribution < 1.29 is 13.9 Å². The lowest BCUT2D eigenvalue weighted by Gasteiger charge is -2.27. The first-order valence-electron chi connectivity index (χ1n) is 7.44. The zero-order valence-electron chi connectivity index (χ0n) is 13.2. The van der Waals surface area contributed by atoms with Crippen molar-refractivity contribution >= 4 is 23.4 Å². The van der Waals surface area contributed by atoms with Gasteiger partial charge >= 0.3 is 6.09 Å². The van der Waals surface area contributed by atoms with Gasteiger partial charge in [-0.1, -0.05) is 11.6 Å². The molecule has 0 aliphatic carbocycles. The van der Waals surface area contributed by atoms with Gasteiger partial charge in [0, 0.05) is 31.2 Å². The summed E-state index contributed by atoms with van der Waals surface area (Å²) in [4.78, 5) is 15.7. The molecule has 1 heterocycles. The molecule has 1 fully saturated rings. The van der Waals surface area contributed by atoms with Gasteiger partial charge in [-0.05, 0) is 45.4 Å². The van der Waals surface area contributed by atoms with Gasteiger partial charge in [0.25, 0.3) is 0 Å². The van der Waals surface area contributed by atoms with Crippen LogP contribution < -0.4 is 4.90 Å². The van der Waals surface area contributed by atoms with E-state index in [4.69, 9.17) is 16.3 Å². The van der Waals surface area contributed by atoms with Crippen LogP contribution in [-0.4, -0.2) is 42.8 Å². The lowest BCUT2D eigenvalue weighted by Crippen LogP contribution is -2.39. The van der Waals surface area contributed by atoms with E-state index in [1.807, 2.05) is 25.7 Å². The molecule has 4 nitrogen and oxygen atoms in total. The first-order valence-corrected chi connectivity index (χ1v) is 7.82. The van der Waals surface area contributed by atoms with Crippen LogP contribution in [-0.2, 0) is 4.74 Å². The number of hydrogen-bond donors (Lipinski definition) is 0. The minimum absolute atomic E-state index is 0.314. The first kappa shape index (κ1) is 16.9. The van der Waals surface area contributed by atoms with E-state index in [1.54, 1.807) is 17.0 Å². The van der Waals surface area contributed by atoms with E-state index in [1.165, 1.54) is 6.07 Å². The first-order chi connectivity index (χ1) is 10.3. The molecule has 0 bridgehead atoms. The molecule has 1 aromatic carbocycles. The van der Waals surface area contributed by atoms with Gasteiger partial charge in [-0.25, -0.2) is 9.18 Å². The van der Waals surface area contributed by atoms with E-state index in [-0.39, 0.29) is 11.9 Å². The largest absolute Gasteiger partial charge is 0.444 e. The van der Waals surface area contributed by atoms with Crippen molar-refractivity contribution in [1.82, 2.24) is 4.90 Å². The highest BCUT2D eigenvalue weighted by atomic mass is 35.5. The number of carbonyl (C=O) groups is 1. The number of nitrogens with zero attached hydrogens (tertiary/aromatic N) is 2. The number of ether oxygens (including phenoxy) is 1. The summed E-state index contributed by atoms with van der Waals surface area (Å²) in [5.74, 6) is -0.335. The zero-order chi connectivity index (χ0) is 16.3. The molecule has 0 N–H and O–H groups in total. The molecule has 0 radical (unpaired) electrons. The van der Waals surface area contributed by atoms with Crippen LogP contribution in [0.1, 0.15) is 27.2 Å². The van der Waals surface area contributed by atoms with Crippen LogP contribution in [0, 0.1) is 5.82 Å². The highest BCUT2D eigenvalue weighted by molar-refractivity contribution is 6.30. The molecular formula is C16H22ClFN2O2. The molecule has 22 heavy (non-hydrogen) atoms. The number of anilines is 1. The maximum absolute atomic E-state index is 14.0. The summed E-state index contributed by atoms with van der Waals surface area (Å²) in [7, 11) is 0. The van der Waals surface area contributed by atoms with E-state index < -0.39 is 5.60 Å². The van der Waals surface area contributed by atoms with Gasteiger partial charge in [0.05, 0.1) is 5.69 Å². The summed E-state index contributed by atoms with van der Waals surface area (Å²) in [6.45, 7) is 7.92. The quantitative estimate of drug-likeness (QED) is 0.783. The zero-order valence-corrected chi connectivity index (χ0v) is 14.0. The summed E-state index contributed by atoms with van der Waals surface area (Å²) in [6, 6.07) is 4.67. The molecule has 6 heteroatoms. The Labute approximate surface area is 135 Å². The Morgan fingerprint density at radius 1 is 1.23 bits per heavy atom. The molecule has 0 aromatic heterocycles. The number of benzene rings is 1. The molecular weight excluding hydrogens is 307 g/mol. The van der Waals surface area contributed by atoms with E-state index in [0.717, 1.165) is 6.42 Å². The third-order valence-corrected chi connectivity index (χ3v) is 3.63. The molecule has 0 atom stereocenters. The molecule has 0 spiro atoms. The van der Waals surface area contributed by atoms with Gasteiger partial charge in [-0.3, -0.25) is 0 Å². The van der Waals surface area contributed by atoms with E-state index in [0.29, 0.717) is 36.9 Å². The smallest absolute Gasteiger partial charge is 0.410 e. The number of hydrogen-bond acceptors (Lipinski definition) is 3. The van der Waals surface area contributed by atoms with Gasteiger partial charge < -0.3 is 14.5 Å².